The molecule has 0 saturated heterocycles. The van der Waals surface area contributed by atoms with Crippen molar-refractivity contribution in [1.29, 1.82) is 0 Å². The molecule has 0 aliphatic heterocycles. The van der Waals surface area contributed by atoms with Crippen molar-refractivity contribution in [3.8, 4) is 0 Å². The largest absolute Gasteiger partial charge is 0.379 e. The van der Waals surface area contributed by atoms with Gasteiger partial charge in [0.05, 0.1) is 26.4 Å². The Bertz CT molecular complexity index is 113. The van der Waals surface area contributed by atoms with Gasteiger partial charge in [-0.3, -0.25) is 0 Å². The molecule has 15 heavy (non-hydrogen) atoms. The van der Waals surface area contributed by atoms with Crippen LogP contribution in [0.1, 0.15) is 33.6 Å². The maximum absolute atomic E-state index is 5.52. The molecular formula is C12H26O3. The number of rotatable bonds is 11. The molecular weight excluding hydrogens is 192 g/mol. The van der Waals surface area contributed by atoms with Crippen LogP contribution in [-0.2, 0) is 14.2 Å². The SMILES string of the molecule is CCOCCOCCOCC(CC)CC. The number of hydrogen-bond acceptors (Lipinski definition) is 3. The summed E-state index contributed by atoms with van der Waals surface area (Å²) in [7, 11) is 0. The second-order valence-electron chi connectivity index (χ2n) is 3.57. The van der Waals surface area contributed by atoms with Gasteiger partial charge < -0.3 is 14.2 Å². The van der Waals surface area contributed by atoms with Crippen LogP contribution in [0.2, 0.25) is 0 Å². The van der Waals surface area contributed by atoms with Gasteiger partial charge in [-0.15, -0.1) is 0 Å². The lowest BCUT2D eigenvalue weighted by molar-refractivity contribution is 0.00863. The van der Waals surface area contributed by atoms with Crippen LogP contribution < -0.4 is 0 Å². The van der Waals surface area contributed by atoms with E-state index in [1.54, 1.807) is 0 Å². The second-order valence-corrected chi connectivity index (χ2v) is 3.57. The first-order valence-corrected chi connectivity index (χ1v) is 6.08. The van der Waals surface area contributed by atoms with Crippen molar-refractivity contribution in [2.75, 3.05) is 39.6 Å². The molecule has 3 nitrogen and oxygen atoms in total. The molecule has 0 aromatic heterocycles. The molecule has 0 aromatic rings. The van der Waals surface area contributed by atoms with Crippen LogP contribution >= 0.6 is 0 Å². The van der Waals surface area contributed by atoms with E-state index in [2.05, 4.69) is 13.8 Å². The van der Waals surface area contributed by atoms with E-state index in [1.807, 2.05) is 6.92 Å². The van der Waals surface area contributed by atoms with Crippen molar-refractivity contribution >= 4 is 0 Å². The molecule has 0 bridgehead atoms. The normalized spacial score (nSPS) is 11.2. The summed E-state index contributed by atoms with van der Waals surface area (Å²) in [6, 6.07) is 0. The highest BCUT2D eigenvalue weighted by Gasteiger charge is 2.02. The van der Waals surface area contributed by atoms with Gasteiger partial charge in [0.1, 0.15) is 0 Å². The average Bonchev–Trinajstić information content (AvgIpc) is 2.27. The van der Waals surface area contributed by atoms with Gasteiger partial charge >= 0.3 is 0 Å². The van der Waals surface area contributed by atoms with Crippen molar-refractivity contribution < 1.29 is 14.2 Å². The standard InChI is InChI=1S/C12H26O3/c1-4-12(5-2)11-15-10-9-14-8-7-13-6-3/h12H,4-11H2,1-3H3. The zero-order chi connectivity index (χ0) is 11.4. The van der Waals surface area contributed by atoms with Gasteiger partial charge in [0, 0.05) is 13.2 Å². The molecule has 0 rings (SSSR count). The van der Waals surface area contributed by atoms with E-state index < -0.39 is 0 Å². The quantitative estimate of drug-likeness (QED) is 0.499. The summed E-state index contributed by atoms with van der Waals surface area (Å²) < 4.78 is 16.0. The predicted molar refractivity (Wildman–Crippen MR) is 62.2 cm³/mol. The van der Waals surface area contributed by atoms with Crippen LogP contribution in [0.4, 0.5) is 0 Å². The molecule has 3 heteroatoms. The first kappa shape index (κ1) is 14.9. The summed E-state index contributed by atoms with van der Waals surface area (Å²) >= 11 is 0. The van der Waals surface area contributed by atoms with Crippen molar-refractivity contribution in [2.24, 2.45) is 5.92 Å². The minimum absolute atomic E-state index is 0.669. The Balaban J connectivity index is 3.04. The second kappa shape index (κ2) is 12.0. The fourth-order valence-corrected chi connectivity index (χ4v) is 1.26. The minimum atomic E-state index is 0.669. The monoisotopic (exact) mass is 218 g/mol. The van der Waals surface area contributed by atoms with Crippen LogP contribution in [0, 0.1) is 5.92 Å². The lowest BCUT2D eigenvalue weighted by Gasteiger charge is -2.12. The van der Waals surface area contributed by atoms with Gasteiger partial charge in [-0.2, -0.15) is 0 Å². The van der Waals surface area contributed by atoms with Gasteiger partial charge in [-0.1, -0.05) is 26.7 Å². The Labute approximate surface area is 94.1 Å². The zero-order valence-electron chi connectivity index (χ0n) is 10.5. The summed E-state index contributed by atoms with van der Waals surface area (Å²) in [5.74, 6) is 0.702. The average molecular weight is 218 g/mol. The fourth-order valence-electron chi connectivity index (χ4n) is 1.26. The van der Waals surface area contributed by atoms with Gasteiger partial charge in [-0.25, -0.2) is 0 Å². The van der Waals surface area contributed by atoms with E-state index in [0.717, 1.165) is 13.2 Å². The molecule has 0 heterocycles. The van der Waals surface area contributed by atoms with E-state index in [0.29, 0.717) is 32.3 Å². The van der Waals surface area contributed by atoms with Crippen LogP contribution in [0.15, 0.2) is 0 Å². The summed E-state index contributed by atoms with van der Waals surface area (Å²) in [6.45, 7) is 10.7. The first-order valence-electron chi connectivity index (χ1n) is 6.08. The molecule has 0 saturated carbocycles. The Hall–Kier alpha value is -0.120. The highest BCUT2D eigenvalue weighted by molar-refractivity contribution is 4.51. The predicted octanol–water partition coefficient (Wildman–Crippen LogP) is 2.49. The van der Waals surface area contributed by atoms with Crippen LogP contribution in [0.3, 0.4) is 0 Å². The third-order valence-electron chi connectivity index (χ3n) is 2.46. The Morgan fingerprint density at radius 2 is 1.27 bits per heavy atom. The maximum atomic E-state index is 5.52. The van der Waals surface area contributed by atoms with Gasteiger partial charge in [0.15, 0.2) is 0 Å². The van der Waals surface area contributed by atoms with E-state index >= 15 is 0 Å². The first-order chi connectivity index (χ1) is 7.35. The van der Waals surface area contributed by atoms with Crippen molar-refractivity contribution in [3.05, 3.63) is 0 Å². The van der Waals surface area contributed by atoms with Gasteiger partial charge in [-0.05, 0) is 12.8 Å². The van der Waals surface area contributed by atoms with Crippen LogP contribution in [0.5, 0.6) is 0 Å². The lowest BCUT2D eigenvalue weighted by Crippen LogP contribution is -2.13. The van der Waals surface area contributed by atoms with E-state index in [-0.39, 0.29) is 0 Å². The Morgan fingerprint density at radius 3 is 1.80 bits per heavy atom. The summed E-state index contributed by atoms with van der Waals surface area (Å²) in [4.78, 5) is 0. The molecule has 92 valence electrons. The molecule has 0 aromatic carbocycles. The molecule has 0 atom stereocenters. The zero-order valence-corrected chi connectivity index (χ0v) is 10.5. The fraction of sp³-hybridized carbons (Fsp3) is 1.00. The lowest BCUT2D eigenvalue weighted by atomic mass is 10.1. The summed E-state index contributed by atoms with van der Waals surface area (Å²) in [6.07, 6.45) is 2.39. The smallest absolute Gasteiger partial charge is 0.0701 e. The van der Waals surface area contributed by atoms with E-state index in [1.165, 1.54) is 12.8 Å². The molecule has 0 amide bonds. The van der Waals surface area contributed by atoms with E-state index in [9.17, 15) is 0 Å². The molecule has 0 fully saturated rings. The number of ether oxygens (including phenoxy) is 3. The van der Waals surface area contributed by atoms with Crippen LogP contribution in [0.25, 0.3) is 0 Å². The molecule has 0 aliphatic carbocycles. The van der Waals surface area contributed by atoms with Crippen LogP contribution in [-0.4, -0.2) is 39.6 Å². The summed E-state index contributed by atoms with van der Waals surface area (Å²) in [5.41, 5.74) is 0. The molecule has 0 radical (unpaired) electrons. The minimum Gasteiger partial charge on any atom is -0.379 e. The third kappa shape index (κ3) is 10.2. The third-order valence-corrected chi connectivity index (χ3v) is 2.46. The highest BCUT2D eigenvalue weighted by atomic mass is 16.5. The molecule has 0 unspecified atom stereocenters. The maximum Gasteiger partial charge on any atom is 0.0701 e. The van der Waals surface area contributed by atoms with Crippen molar-refractivity contribution in [2.45, 2.75) is 33.6 Å². The molecule has 0 spiro atoms. The molecule has 0 aliphatic rings. The molecule has 0 N–H and O–H groups in total. The Kier molecular flexibility index (Phi) is 11.9. The number of hydrogen-bond donors (Lipinski definition) is 0. The highest BCUT2D eigenvalue weighted by Crippen LogP contribution is 2.06. The van der Waals surface area contributed by atoms with Gasteiger partial charge in [0.2, 0.25) is 0 Å². The topological polar surface area (TPSA) is 27.7 Å². The van der Waals surface area contributed by atoms with Crippen molar-refractivity contribution in [1.82, 2.24) is 0 Å². The van der Waals surface area contributed by atoms with Gasteiger partial charge in [0.25, 0.3) is 0 Å². The summed E-state index contributed by atoms with van der Waals surface area (Å²) in [5, 5.41) is 0. The van der Waals surface area contributed by atoms with E-state index in [4.69, 9.17) is 14.2 Å². The van der Waals surface area contributed by atoms with Crippen molar-refractivity contribution in [3.63, 3.8) is 0 Å². The Morgan fingerprint density at radius 1 is 0.733 bits per heavy atom.